The molecule has 1 N–H and O–H groups in total. The summed E-state index contributed by atoms with van der Waals surface area (Å²) in [5.41, 5.74) is 0. The second-order valence-electron chi connectivity index (χ2n) is 4.92. The molecule has 1 aliphatic heterocycles. The van der Waals surface area contributed by atoms with Gasteiger partial charge in [-0.2, -0.15) is 0 Å². The molecule has 0 spiro atoms. The third kappa shape index (κ3) is 5.59. The Morgan fingerprint density at radius 3 is 2.86 bits per heavy atom. The van der Waals surface area contributed by atoms with Gasteiger partial charge in [0.25, 0.3) is 0 Å². The molecule has 2 amide bonds. The van der Waals surface area contributed by atoms with E-state index in [1.165, 1.54) is 0 Å². The van der Waals surface area contributed by atoms with Crippen LogP contribution in [-0.2, 0) is 9.59 Å². The molecule has 6 heteroatoms. The fourth-order valence-corrected chi connectivity index (χ4v) is 3.10. The molecule has 0 radical (unpaired) electrons. The van der Waals surface area contributed by atoms with Crippen molar-refractivity contribution >= 4 is 35.2 Å². The predicted molar refractivity (Wildman–Crippen MR) is 85.6 cm³/mol. The van der Waals surface area contributed by atoms with Crippen LogP contribution >= 0.6 is 23.4 Å². The number of rotatable bonds is 5. The van der Waals surface area contributed by atoms with E-state index in [1.807, 2.05) is 24.3 Å². The maximum Gasteiger partial charge on any atom is 0.239 e. The molecule has 0 aliphatic carbocycles. The van der Waals surface area contributed by atoms with E-state index in [-0.39, 0.29) is 18.4 Å². The van der Waals surface area contributed by atoms with Gasteiger partial charge >= 0.3 is 0 Å². The lowest BCUT2D eigenvalue weighted by atomic mass is 10.3. The van der Waals surface area contributed by atoms with Crippen molar-refractivity contribution in [3.8, 4) is 0 Å². The predicted octanol–water partition coefficient (Wildman–Crippen LogP) is 2.56. The smallest absolute Gasteiger partial charge is 0.239 e. The number of nitrogens with one attached hydrogen (secondary N) is 1. The monoisotopic (exact) mass is 326 g/mol. The van der Waals surface area contributed by atoms with E-state index < -0.39 is 0 Å². The SMILES string of the molecule is O=C1CN(C(=O)CCCSc2ccc(Cl)cc2)CCCN1. The number of amides is 2. The molecular formula is C15H19ClN2O2S. The average Bonchev–Trinajstić information content (AvgIpc) is 2.70. The molecule has 1 aromatic rings. The van der Waals surface area contributed by atoms with Crippen molar-refractivity contribution in [3.05, 3.63) is 29.3 Å². The summed E-state index contributed by atoms with van der Waals surface area (Å²) in [6, 6.07) is 7.69. The highest BCUT2D eigenvalue weighted by atomic mass is 35.5. The molecule has 1 heterocycles. The lowest BCUT2D eigenvalue weighted by Crippen LogP contribution is -2.37. The summed E-state index contributed by atoms with van der Waals surface area (Å²) in [6.07, 6.45) is 2.13. The minimum atomic E-state index is -0.0589. The van der Waals surface area contributed by atoms with Crippen LogP contribution in [0, 0.1) is 0 Å². The van der Waals surface area contributed by atoms with Crippen LogP contribution in [0.1, 0.15) is 19.3 Å². The number of benzene rings is 1. The van der Waals surface area contributed by atoms with Gasteiger partial charge in [-0.05, 0) is 42.9 Å². The first-order chi connectivity index (χ1) is 10.1. The molecule has 1 aromatic carbocycles. The van der Waals surface area contributed by atoms with Crippen molar-refractivity contribution in [2.75, 3.05) is 25.4 Å². The van der Waals surface area contributed by atoms with Gasteiger partial charge in [0.15, 0.2) is 0 Å². The fourth-order valence-electron chi connectivity index (χ4n) is 2.12. The number of carbonyl (C=O) groups excluding carboxylic acids is 2. The molecule has 0 atom stereocenters. The number of carbonyl (C=O) groups is 2. The number of hydrogen-bond acceptors (Lipinski definition) is 3. The van der Waals surface area contributed by atoms with E-state index >= 15 is 0 Å². The van der Waals surface area contributed by atoms with Gasteiger partial charge in [0.05, 0.1) is 6.54 Å². The summed E-state index contributed by atoms with van der Waals surface area (Å²) in [7, 11) is 0. The zero-order valence-electron chi connectivity index (χ0n) is 11.8. The number of thioether (sulfide) groups is 1. The van der Waals surface area contributed by atoms with Crippen molar-refractivity contribution in [3.63, 3.8) is 0 Å². The van der Waals surface area contributed by atoms with Gasteiger partial charge in [-0.25, -0.2) is 0 Å². The van der Waals surface area contributed by atoms with Gasteiger partial charge in [0, 0.05) is 29.4 Å². The van der Waals surface area contributed by atoms with Crippen LogP contribution in [-0.4, -0.2) is 42.1 Å². The van der Waals surface area contributed by atoms with Crippen LogP contribution in [0.25, 0.3) is 0 Å². The quantitative estimate of drug-likeness (QED) is 0.668. The first-order valence-electron chi connectivity index (χ1n) is 7.08. The molecule has 0 bridgehead atoms. The van der Waals surface area contributed by atoms with Crippen LogP contribution in [0.4, 0.5) is 0 Å². The maximum atomic E-state index is 12.1. The van der Waals surface area contributed by atoms with Crippen molar-refractivity contribution in [2.45, 2.75) is 24.2 Å². The van der Waals surface area contributed by atoms with Gasteiger partial charge in [0.2, 0.25) is 11.8 Å². The van der Waals surface area contributed by atoms with Crippen molar-refractivity contribution in [1.82, 2.24) is 10.2 Å². The Kier molecular flexibility index (Phi) is 6.39. The first kappa shape index (κ1) is 16.2. The van der Waals surface area contributed by atoms with E-state index in [2.05, 4.69) is 5.32 Å². The Bertz CT molecular complexity index is 493. The van der Waals surface area contributed by atoms with Crippen LogP contribution in [0.2, 0.25) is 5.02 Å². The number of halogens is 1. The molecule has 2 rings (SSSR count). The molecule has 1 saturated heterocycles. The molecule has 4 nitrogen and oxygen atoms in total. The average molecular weight is 327 g/mol. The summed E-state index contributed by atoms with van der Waals surface area (Å²) in [4.78, 5) is 26.3. The lowest BCUT2D eigenvalue weighted by Gasteiger charge is -2.18. The summed E-state index contributed by atoms with van der Waals surface area (Å²) in [5, 5.41) is 3.51. The highest BCUT2D eigenvalue weighted by molar-refractivity contribution is 7.99. The van der Waals surface area contributed by atoms with Crippen molar-refractivity contribution < 1.29 is 9.59 Å². The summed E-state index contributed by atoms with van der Waals surface area (Å²) in [5.74, 6) is 0.896. The second kappa shape index (κ2) is 8.29. The van der Waals surface area contributed by atoms with E-state index in [1.54, 1.807) is 16.7 Å². The molecule has 0 saturated carbocycles. The van der Waals surface area contributed by atoms with Gasteiger partial charge < -0.3 is 10.2 Å². The van der Waals surface area contributed by atoms with Gasteiger partial charge in [-0.15, -0.1) is 11.8 Å². The lowest BCUT2D eigenvalue weighted by molar-refractivity contribution is -0.135. The Hall–Kier alpha value is -1.20. The van der Waals surface area contributed by atoms with Gasteiger partial charge in [-0.3, -0.25) is 9.59 Å². The normalized spacial score (nSPS) is 15.5. The van der Waals surface area contributed by atoms with E-state index in [4.69, 9.17) is 11.6 Å². The van der Waals surface area contributed by atoms with Crippen LogP contribution in [0.15, 0.2) is 29.2 Å². The minimum absolute atomic E-state index is 0.0589. The third-order valence-electron chi connectivity index (χ3n) is 3.23. The molecule has 0 aromatic heterocycles. The Morgan fingerprint density at radius 1 is 1.33 bits per heavy atom. The molecule has 114 valence electrons. The largest absolute Gasteiger partial charge is 0.354 e. The van der Waals surface area contributed by atoms with Gasteiger partial charge in [-0.1, -0.05) is 11.6 Å². The van der Waals surface area contributed by atoms with Gasteiger partial charge in [0.1, 0.15) is 0 Å². The third-order valence-corrected chi connectivity index (χ3v) is 4.58. The fraction of sp³-hybridized carbons (Fsp3) is 0.467. The Labute approximate surface area is 134 Å². The minimum Gasteiger partial charge on any atom is -0.354 e. The van der Waals surface area contributed by atoms with Crippen LogP contribution in [0.3, 0.4) is 0 Å². The van der Waals surface area contributed by atoms with E-state index in [0.29, 0.717) is 19.5 Å². The van der Waals surface area contributed by atoms with E-state index in [9.17, 15) is 9.59 Å². The maximum absolute atomic E-state index is 12.1. The summed E-state index contributed by atoms with van der Waals surface area (Å²) >= 11 is 7.55. The number of nitrogens with zero attached hydrogens (tertiary/aromatic N) is 1. The Morgan fingerprint density at radius 2 is 2.10 bits per heavy atom. The van der Waals surface area contributed by atoms with Crippen LogP contribution in [0.5, 0.6) is 0 Å². The standard InChI is InChI=1S/C15H19ClN2O2S/c16-12-4-6-13(7-5-12)21-10-1-3-15(20)18-9-2-8-17-14(19)11-18/h4-7H,1-3,8-11H2,(H,17,19). The summed E-state index contributed by atoms with van der Waals surface area (Å²) in [6.45, 7) is 1.53. The highest BCUT2D eigenvalue weighted by Gasteiger charge is 2.18. The number of hydrogen-bond donors (Lipinski definition) is 1. The topological polar surface area (TPSA) is 49.4 Å². The molecule has 21 heavy (non-hydrogen) atoms. The zero-order chi connectivity index (χ0) is 15.1. The second-order valence-corrected chi connectivity index (χ2v) is 6.53. The van der Waals surface area contributed by atoms with E-state index in [0.717, 1.165) is 28.5 Å². The summed E-state index contributed by atoms with van der Waals surface area (Å²) < 4.78 is 0. The molecule has 0 unspecified atom stereocenters. The van der Waals surface area contributed by atoms with Crippen molar-refractivity contribution in [1.29, 1.82) is 0 Å². The highest BCUT2D eigenvalue weighted by Crippen LogP contribution is 2.21. The first-order valence-corrected chi connectivity index (χ1v) is 8.44. The molecule has 1 aliphatic rings. The molecule has 1 fully saturated rings. The van der Waals surface area contributed by atoms with Crippen LogP contribution < -0.4 is 5.32 Å². The zero-order valence-corrected chi connectivity index (χ0v) is 13.4. The Balaban J connectivity index is 1.69. The van der Waals surface area contributed by atoms with Crippen molar-refractivity contribution in [2.24, 2.45) is 0 Å². The molecular weight excluding hydrogens is 308 g/mol.